The first-order valence-corrected chi connectivity index (χ1v) is 6.20. The number of hydrogen-bond acceptors (Lipinski definition) is 2. The van der Waals surface area contributed by atoms with Crippen molar-refractivity contribution in [2.45, 2.75) is 33.2 Å². The van der Waals surface area contributed by atoms with Gasteiger partial charge in [0.1, 0.15) is 0 Å². The molecule has 1 N–H and O–H groups in total. The zero-order valence-corrected chi connectivity index (χ0v) is 10.5. The first-order valence-electron chi connectivity index (χ1n) is 6.20. The second-order valence-corrected chi connectivity index (χ2v) is 4.12. The fourth-order valence-corrected chi connectivity index (χ4v) is 1.81. The van der Waals surface area contributed by atoms with E-state index in [1.807, 2.05) is 12.4 Å². The van der Waals surface area contributed by atoms with E-state index in [9.17, 15) is 0 Å². The molecule has 3 nitrogen and oxygen atoms in total. The molecule has 0 spiro atoms. The van der Waals surface area contributed by atoms with Crippen LogP contribution in [0.1, 0.15) is 25.8 Å². The van der Waals surface area contributed by atoms with Crippen molar-refractivity contribution >= 4 is 11.6 Å². The number of nitrogens with zero attached hydrogens (tertiary/aromatic N) is 2. The largest absolute Gasteiger partial charge is 0.326 e. The van der Waals surface area contributed by atoms with Gasteiger partial charge in [0.2, 0.25) is 5.95 Å². The van der Waals surface area contributed by atoms with Crippen molar-refractivity contribution in [3.05, 3.63) is 42.2 Å². The van der Waals surface area contributed by atoms with Crippen molar-refractivity contribution < 1.29 is 0 Å². The number of aryl methyl sites for hydroxylation is 2. The average Bonchev–Trinajstić information content (AvgIpc) is 2.78. The maximum Gasteiger partial charge on any atom is 0.207 e. The third-order valence-corrected chi connectivity index (χ3v) is 2.80. The van der Waals surface area contributed by atoms with Crippen LogP contribution in [0.25, 0.3) is 0 Å². The summed E-state index contributed by atoms with van der Waals surface area (Å²) in [6.45, 7) is 5.32. The van der Waals surface area contributed by atoms with Crippen LogP contribution in [0.3, 0.4) is 0 Å². The van der Waals surface area contributed by atoms with E-state index in [4.69, 9.17) is 0 Å². The number of hydrogen-bond donors (Lipinski definition) is 1. The molecule has 2 aromatic rings. The maximum atomic E-state index is 4.32. The Morgan fingerprint density at radius 1 is 1.18 bits per heavy atom. The Balaban J connectivity index is 2.10. The fourth-order valence-electron chi connectivity index (χ4n) is 1.81. The third-order valence-electron chi connectivity index (χ3n) is 2.80. The summed E-state index contributed by atoms with van der Waals surface area (Å²) >= 11 is 0. The van der Waals surface area contributed by atoms with Crippen LogP contribution in [0.5, 0.6) is 0 Å². The Labute approximate surface area is 103 Å². The molecular weight excluding hydrogens is 210 g/mol. The molecule has 1 aromatic carbocycles. The lowest BCUT2D eigenvalue weighted by atomic mass is 10.1. The molecular formula is C14H19N3. The summed E-state index contributed by atoms with van der Waals surface area (Å²) in [7, 11) is 0. The SMILES string of the molecule is CCCn1ccnc1Nc1ccc(CC)cc1. The second-order valence-electron chi connectivity index (χ2n) is 4.12. The summed E-state index contributed by atoms with van der Waals surface area (Å²) in [5.41, 5.74) is 2.44. The molecule has 0 aliphatic carbocycles. The van der Waals surface area contributed by atoms with Crippen LogP contribution in [-0.2, 0) is 13.0 Å². The van der Waals surface area contributed by atoms with Crippen molar-refractivity contribution in [1.29, 1.82) is 0 Å². The predicted molar refractivity (Wildman–Crippen MR) is 71.6 cm³/mol. The standard InChI is InChI=1S/C14H19N3/c1-3-10-17-11-9-15-14(17)16-13-7-5-12(4-2)6-8-13/h5-9,11H,3-4,10H2,1-2H3,(H,15,16). The summed E-state index contributed by atoms with van der Waals surface area (Å²) in [6, 6.07) is 8.50. The van der Waals surface area contributed by atoms with Crippen molar-refractivity contribution in [3.8, 4) is 0 Å². The predicted octanol–water partition coefficient (Wildman–Crippen LogP) is 3.60. The Kier molecular flexibility index (Phi) is 3.81. The van der Waals surface area contributed by atoms with Crippen LogP contribution in [0.15, 0.2) is 36.7 Å². The van der Waals surface area contributed by atoms with E-state index in [1.54, 1.807) is 0 Å². The molecule has 0 radical (unpaired) electrons. The Morgan fingerprint density at radius 3 is 2.59 bits per heavy atom. The first-order chi connectivity index (χ1) is 8.33. The molecule has 1 heterocycles. The quantitative estimate of drug-likeness (QED) is 0.849. The molecule has 0 fully saturated rings. The van der Waals surface area contributed by atoms with E-state index in [0.717, 1.165) is 31.0 Å². The highest BCUT2D eigenvalue weighted by Crippen LogP contribution is 2.16. The molecule has 17 heavy (non-hydrogen) atoms. The molecule has 0 saturated heterocycles. The summed E-state index contributed by atoms with van der Waals surface area (Å²) in [4.78, 5) is 4.32. The molecule has 1 aromatic heterocycles. The first kappa shape index (κ1) is 11.7. The van der Waals surface area contributed by atoms with E-state index in [2.05, 4.69) is 53.0 Å². The van der Waals surface area contributed by atoms with Gasteiger partial charge in [-0.25, -0.2) is 4.98 Å². The van der Waals surface area contributed by atoms with Crippen molar-refractivity contribution in [1.82, 2.24) is 9.55 Å². The van der Waals surface area contributed by atoms with Gasteiger partial charge >= 0.3 is 0 Å². The summed E-state index contributed by atoms with van der Waals surface area (Å²) < 4.78 is 2.13. The molecule has 0 amide bonds. The zero-order chi connectivity index (χ0) is 12.1. The third kappa shape index (κ3) is 2.87. The van der Waals surface area contributed by atoms with E-state index in [0.29, 0.717) is 0 Å². The molecule has 0 saturated carbocycles. The normalized spacial score (nSPS) is 10.5. The molecule has 0 atom stereocenters. The smallest absolute Gasteiger partial charge is 0.207 e. The average molecular weight is 229 g/mol. The lowest BCUT2D eigenvalue weighted by molar-refractivity contribution is 0.686. The molecule has 0 aliphatic heterocycles. The monoisotopic (exact) mass is 229 g/mol. The van der Waals surface area contributed by atoms with Gasteiger partial charge in [-0.05, 0) is 30.5 Å². The topological polar surface area (TPSA) is 29.9 Å². The van der Waals surface area contributed by atoms with Gasteiger partial charge < -0.3 is 9.88 Å². The van der Waals surface area contributed by atoms with E-state index in [1.165, 1.54) is 5.56 Å². The van der Waals surface area contributed by atoms with Crippen molar-refractivity contribution in [2.24, 2.45) is 0 Å². The van der Waals surface area contributed by atoms with Gasteiger partial charge in [0, 0.05) is 24.6 Å². The minimum Gasteiger partial charge on any atom is -0.326 e. The Bertz CT molecular complexity index is 457. The lowest BCUT2D eigenvalue weighted by Gasteiger charge is -2.09. The summed E-state index contributed by atoms with van der Waals surface area (Å²) in [5.74, 6) is 0.913. The fraction of sp³-hybridized carbons (Fsp3) is 0.357. The molecule has 2 rings (SSSR count). The lowest BCUT2D eigenvalue weighted by Crippen LogP contribution is -2.02. The highest BCUT2D eigenvalue weighted by Gasteiger charge is 2.01. The molecule has 0 bridgehead atoms. The van der Waals surface area contributed by atoms with Crippen molar-refractivity contribution in [2.75, 3.05) is 5.32 Å². The van der Waals surface area contributed by atoms with Crippen LogP contribution in [0.2, 0.25) is 0 Å². The maximum absolute atomic E-state index is 4.32. The van der Waals surface area contributed by atoms with Gasteiger partial charge in [0.25, 0.3) is 0 Å². The molecule has 0 aliphatic rings. The minimum absolute atomic E-state index is 0.913. The van der Waals surface area contributed by atoms with Gasteiger partial charge in [-0.1, -0.05) is 26.0 Å². The van der Waals surface area contributed by atoms with E-state index < -0.39 is 0 Å². The number of rotatable bonds is 5. The zero-order valence-electron chi connectivity index (χ0n) is 10.5. The van der Waals surface area contributed by atoms with Gasteiger partial charge in [-0.3, -0.25) is 0 Å². The van der Waals surface area contributed by atoms with Gasteiger partial charge in [-0.15, -0.1) is 0 Å². The Hall–Kier alpha value is -1.77. The second kappa shape index (κ2) is 5.53. The van der Waals surface area contributed by atoms with E-state index >= 15 is 0 Å². The van der Waals surface area contributed by atoms with Gasteiger partial charge in [0.15, 0.2) is 0 Å². The number of imidazole rings is 1. The van der Waals surface area contributed by atoms with Crippen LogP contribution < -0.4 is 5.32 Å². The number of aromatic nitrogens is 2. The number of nitrogens with one attached hydrogen (secondary N) is 1. The summed E-state index contributed by atoms with van der Waals surface area (Å²) in [6.07, 6.45) is 6.02. The summed E-state index contributed by atoms with van der Waals surface area (Å²) in [5, 5.41) is 3.34. The molecule has 0 unspecified atom stereocenters. The minimum atomic E-state index is 0.913. The van der Waals surface area contributed by atoms with Gasteiger partial charge in [0.05, 0.1) is 0 Å². The van der Waals surface area contributed by atoms with Crippen LogP contribution >= 0.6 is 0 Å². The number of benzene rings is 1. The number of anilines is 2. The molecule has 3 heteroatoms. The highest BCUT2D eigenvalue weighted by molar-refractivity contribution is 5.54. The Morgan fingerprint density at radius 2 is 1.94 bits per heavy atom. The van der Waals surface area contributed by atoms with Crippen LogP contribution in [0, 0.1) is 0 Å². The van der Waals surface area contributed by atoms with Crippen molar-refractivity contribution in [3.63, 3.8) is 0 Å². The van der Waals surface area contributed by atoms with E-state index in [-0.39, 0.29) is 0 Å². The van der Waals surface area contributed by atoms with Crippen LogP contribution in [-0.4, -0.2) is 9.55 Å². The van der Waals surface area contributed by atoms with Gasteiger partial charge in [-0.2, -0.15) is 0 Å². The highest BCUT2D eigenvalue weighted by atomic mass is 15.2. The van der Waals surface area contributed by atoms with Crippen LogP contribution in [0.4, 0.5) is 11.6 Å². The molecule has 90 valence electrons.